The number of nitrogens with two attached hydrogens (primary N) is 1. The monoisotopic (exact) mass is 533 g/mol. The Hall–Kier alpha value is -4.80. The van der Waals surface area contributed by atoms with Gasteiger partial charge >= 0.3 is 6.09 Å². The molecule has 0 spiro atoms. The fourth-order valence-corrected chi connectivity index (χ4v) is 4.00. The average molecular weight is 534 g/mol. The van der Waals surface area contributed by atoms with Crippen molar-refractivity contribution in [1.82, 2.24) is 15.0 Å². The molecular weight excluding hydrogens is 505 g/mol. The van der Waals surface area contributed by atoms with Gasteiger partial charge in [-0.2, -0.15) is 0 Å². The van der Waals surface area contributed by atoms with Crippen LogP contribution in [0.5, 0.6) is 17.4 Å². The number of halogens is 1. The number of pyridine rings is 1. The summed E-state index contributed by atoms with van der Waals surface area (Å²) in [6.07, 6.45) is 4.41. The predicted octanol–water partition coefficient (Wildman–Crippen LogP) is 5.18. The number of hydrogen-bond acceptors (Lipinski definition) is 8. The lowest BCUT2D eigenvalue weighted by Crippen LogP contribution is -2.18. The molecule has 2 aromatic carbocycles. The lowest BCUT2D eigenvalue weighted by Gasteiger charge is -2.13. The number of fused-ring (bicyclic) bond motifs is 1. The minimum atomic E-state index is -0.954. The zero-order chi connectivity index (χ0) is 27.8. The number of aromatic nitrogens is 3. The maximum atomic E-state index is 14.3. The number of carbonyl (C=O) groups excluding carboxylic acids is 2. The summed E-state index contributed by atoms with van der Waals surface area (Å²) in [5.41, 5.74) is 8.15. The van der Waals surface area contributed by atoms with Crippen LogP contribution in [0.25, 0.3) is 22.0 Å². The molecule has 11 heteroatoms. The van der Waals surface area contributed by atoms with Gasteiger partial charge in [0.25, 0.3) is 0 Å². The van der Waals surface area contributed by atoms with Gasteiger partial charge in [-0.1, -0.05) is 12.1 Å². The quantitative estimate of drug-likeness (QED) is 0.251. The number of anilines is 1. The molecule has 202 valence electrons. The summed E-state index contributed by atoms with van der Waals surface area (Å²) in [6, 6.07) is 11.6. The molecule has 0 saturated heterocycles. The summed E-state index contributed by atoms with van der Waals surface area (Å²) < 4.78 is 30.2. The maximum Gasteiger partial charge on any atom is 0.410 e. The molecule has 0 radical (unpaired) electrons. The molecule has 4 rings (SSSR count). The van der Waals surface area contributed by atoms with Gasteiger partial charge in [0.15, 0.2) is 11.6 Å². The van der Waals surface area contributed by atoms with Crippen LogP contribution in [0.3, 0.4) is 0 Å². The van der Waals surface area contributed by atoms with Crippen LogP contribution in [0.4, 0.5) is 14.9 Å². The summed E-state index contributed by atoms with van der Waals surface area (Å²) in [7, 11) is 1.36. The SMILES string of the molecule is COc1ncc(-c2cc(OCCCCCC(=O)Nc3ccccc3OC(N)=O)c3ncnc(C)c3c2)cc1F. The molecule has 0 bridgehead atoms. The van der Waals surface area contributed by atoms with E-state index < -0.39 is 11.9 Å². The van der Waals surface area contributed by atoms with Crippen molar-refractivity contribution in [2.24, 2.45) is 5.73 Å². The van der Waals surface area contributed by atoms with Gasteiger partial charge in [0.1, 0.15) is 17.6 Å². The van der Waals surface area contributed by atoms with Gasteiger partial charge in [0, 0.05) is 29.3 Å². The minimum Gasteiger partial charge on any atom is -0.491 e. The summed E-state index contributed by atoms with van der Waals surface area (Å²) in [4.78, 5) is 36.1. The number of nitrogens with one attached hydrogen (secondary N) is 1. The molecular formula is C28H28FN5O5. The highest BCUT2D eigenvalue weighted by molar-refractivity contribution is 5.93. The highest BCUT2D eigenvalue weighted by Gasteiger charge is 2.14. The molecule has 2 aromatic heterocycles. The third-order valence-corrected chi connectivity index (χ3v) is 5.91. The maximum absolute atomic E-state index is 14.3. The lowest BCUT2D eigenvalue weighted by atomic mass is 10.0. The van der Waals surface area contributed by atoms with E-state index in [1.54, 1.807) is 30.3 Å². The number of nitrogens with zero attached hydrogens (tertiary/aromatic N) is 3. The van der Waals surface area contributed by atoms with Crippen LogP contribution in [0, 0.1) is 12.7 Å². The van der Waals surface area contributed by atoms with Crippen LogP contribution < -0.4 is 25.3 Å². The number of unbranched alkanes of at least 4 members (excludes halogenated alkanes) is 2. The van der Waals surface area contributed by atoms with Crippen molar-refractivity contribution >= 4 is 28.6 Å². The van der Waals surface area contributed by atoms with Crippen molar-refractivity contribution in [3.8, 4) is 28.5 Å². The van der Waals surface area contributed by atoms with Gasteiger partial charge in [0.05, 0.1) is 19.4 Å². The standard InChI is InChI=1S/C28H28FN5O5/c1-17-20-12-18(19-13-21(29)27(37-2)31-15-19)14-24(26(20)33-16-32-17)38-11-7-3-4-10-25(35)34-22-8-5-6-9-23(22)39-28(30)36/h5-6,8-9,12-16H,3-4,7,10-11H2,1-2H3,(H2,30,36)(H,34,35). The molecule has 3 N–H and O–H groups in total. The highest BCUT2D eigenvalue weighted by Crippen LogP contribution is 2.33. The number of ether oxygens (including phenoxy) is 3. The van der Waals surface area contributed by atoms with Crippen LogP contribution >= 0.6 is 0 Å². The number of rotatable bonds is 11. The zero-order valence-electron chi connectivity index (χ0n) is 21.6. The second-order valence-electron chi connectivity index (χ2n) is 8.67. The largest absolute Gasteiger partial charge is 0.491 e. The third kappa shape index (κ3) is 6.95. The summed E-state index contributed by atoms with van der Waals surface area (Å²) >= 11 is 0. The average Bonchev–Trinajstić information content (AvgIpc) is 2.91. The van der Waals surface area contributed by atoms with E-state index in [1.165, 1.54) is 25.7 Å². The van der Waals surface area contributed by atoms with Crippen molar-refractivity contribution < 1.29 is 28.2 Å². The molecule has 4 aromatic rings. The van der Waals surface area contributed by atoms with E-state index in [1.807, 2.05) is 13.0 Å². The molecule has 0 unspecified atom stereocenters. The smallest absolute Gasteiger partial charge is 0.410 e. The van der Waals surface area contributed by atoms with Gasteiger partial charge in [-0.15, -0.1) is 0 Å². The Kier molecular flexibility index (Phi) is 8.82. The van der Waals surface area contributed by atoms with E-state index >= 15 is 0 Å². The first-order valence-electron chi connectivity index (χ1n) is 12.3. The van der Waals surface area contributed by atoms with Crippen LogP contribution in [0.2, 0.25) is 0 Å². The first-order valence-corrected chi connectivity index (χ1v) is 12.3. The van der Waals surface area contributed by atoms with Crippen molar-refractivity contribution in [3.05, 3.63) is 66.5 Å². The number of primary amides is 1. The Morgan fingerprint density at radius 1 is 1.00 bits per heavy atom. The number of aryl methyl sites for hydroxylation is 1. The first kappa shape index (κ1) is 27.2. The Labute approximate surface area is 224 Å². The van der Waals surface area contributed by atoms with Gasteiger partial charge in [0.2, 0.25) is 11.8 Å². The number of amides is 2. The molecule has 0 saturated carbocycles. The Morgan fingerprint density at radius 3 is 2.59 bits per heavy atom. The molecule has 0 atom stereocenters. The molecule has 10 nitrogen and oxygen atoms in total. The topological polar surface area (TPSA) is 139 Å². The van der Waals surface area contributed by atoms with Gasteiger partial charge in [-0.25, -0.2) is 24.1 Å². The third-order valence-electron chi connectivity index (χ3n) is 5.91. The number of benzene rings is 2. The van der Waals surface area contributed by atoms with Crippen molar-refractivity contribution in [2.45, 2.75) is 32.6 Å². The number of hydrogen-bond donors (Lipinski definition) is 2. The van der Waals surface area contributed by atoms with E-state index in [0.717, 1.165) is 17.5 Å². The minimum absolute atomic E-state index is 0.0765. The number of carbonyl (C=O) groups is 2. The van der Waals surface area contributed by atoms with E-state index in [4.69, 9.17) is 19.9 Å². The second kappa shape index (κ2) is 12.6. The summed E-state index contributed by atoms with van der Waals surface area (Å²) in [5.74, 6) is -0.108. The van der Waals surface area contributed by atoms with E-state index in [0.29, 0.717) is 47.5 Å². The summed E-state index contributed by atoms with van der Waals surface area (Å²) in [6.45, 7) is 2.27. The van der Waals surface area contributed by atoms with Gasteiger partial charge < -0.3 is 25.3 Å². The van der Waals surface area contributed by atoms with E-state index in [-0.39, 0.29) is 24.0 Å². The molecule has 2 amide bonds. The van der Waals surface area contributed by atoms with Crippen LogP contribution in [-0.4, -0.2) is 40.7 Å². The van der Waals surface area contributed by atoms with Crippen molar-refractivity contribution in [1.29, 1.82) is 0 Å². The van der Waals surface area contributed by atoms with Crippen molar-refractivity contribution in [2.75, 3.05) is 19.0 Å². The molecule has 0 aliphatic carbocycles. The van der Waals surface area contributed by atoms with Crippen molar-refractivity contribution in [3.63, 3.8) is 0 Å². The number of para-hydroxylation sites is 2. The second-order valence-corrected chi connectivity index (χ2v) is 8.67. The Morgan fingerprint density at radius 2 is 1.82 bits per heavy atom. The van der Waals surface area contributed by atoms with Gasteiger partial charge in [-0.3, -0.25) is 4.79 Å². The summed E-state index contributed by atoms with van der Waals surface area (Å²) in [5, 5.41) is 3.52. The fourth-order valence-electron chi connectivity index (χ4n) is 4.00. The lowest BCUT2D eigenvalue weighted by molar-refractivity contribution is -0.116. The molecule has 0 fully saturated rings. The van der Waals surface area contributed by atoms with Crippen LogP contribution in [-0.2, 0) is 4.79 Å². The predicted molar refractivity (Wildman–Crippen MR) is 143 cm³/mol. The fraction of sp³-hybridized carbons (Fsp3) is 0.250. The molecule has 2 heterocycles. The van der Waals surface area contributed by atoms with E-state index in [2.05, 4.69) is 20.3 Å². The number of methoxy groups -OCH3 is 1. The van der Waals surface area contributed by atoms with Crippen LogP contribution in [0.1, 0.15) is 31.4 Å². The molecule has 39 heavy (non-hydrogen) atoms. The Balaban J connectivity index is 1.35. The van der Waals surface area contributed by atoms with Crippen LogP contribution in [0.15, 0.2) is 55.0 Å². The zero-order valence-corrected chi connectivity index (χ0v) is 21.6. The normalized spacial score (nSPS) is 10.7. The van der Waals surface area contributed by atoms with Gasteiger partial charge in [-0.05, 0) is 62.1 Å². The molecule has 0 aliphatic heterocycles. The molecule has 0 aliphatic rings. The Bertz CT molecular complexity index is 1500. The highest BCUT2D eigenvalue weighted by atomic mass is 19.1. The van der Waals surface area contributed by atoms with E-state index in [9.17, 15) is 14.0 Å². The first-order chi connectivity index (χ1) is 18.9.